The normalized spacial score (nSPS) is 10.9. The van der Waals surface area contributed by atoms with Crippen LogP contribution in [0.15, 0.2) is 23.6 Å². The Hall–Kier alpha value is -2.56. The third kappa shape index (κ3) is 5.08. The van der Waals surface area contributed by atoms with Crippen molar-refractivity contribution in [2.45, 2.75) is 19.8 Å². The Morgan fingerprint density at radius 1 is 1.17 bits per heavy atom. The number of Topliss-reactive ketones (excluding diaryl/α,β-unsaturated/α-hetero) is 1. The zero-order valence-electron chi connectivity index (χ0n) is 15.4. The second-order valence-corrected chi connectivity index (χ2v) is 8.07. The van der Waals surface area contributed by atoms with Gasteiger partial charge in [0, 0.05) is 23.9 Å². The van der Waals surface area contributed by atoms with Crippen molar-refractivity contribution >= 4 is 34.4 Å². The second kappa shape index (κ2) is 9.29. The fourth-order valence-corrected chi connectivity index (χ4v) is 4.43. The van der Waals surface area contributed by atoms with E-state index in [0.29, 0.717) is 21.3 Å². The Labute approximate surface area is 173 Å². The van der Waals surface area contributed by atoms with Gasteiger partial charge < -0.3 is 10.4 Å². The zero-order valence-corrected chi connectivity index (χ0v) is 17.0. The Balaban J connectivity index is 1.70. The van der Waals surface area contributed by atoms with Gasteiger partial charge in [-0.2, -0.15) is 0 Å². The van der Waals surface area contributed by atoms with Crippen LogP contribution in [0.3, 0.4) is 0 Å². The summed E-state index contributed by atoms with van der Waals surface area (Å²) in [7, 11) is 0. The van der Waals surface area contributed by atoms with Crippen molar-refractivity contribution in [1.29, 1.82) is 0 Å². The maximum Gasteiger partial charge on any atom is 0.280 e. The Morgan fingerprint density at radius 2 is 1.90 bits per heavy atom. The standard InChI is InChI=1S/C19H17F2N3O3S2/c1-10-17(29-19(23-10)18(27)22-5-6-25)15-9-28-16(24-15)8-11(26)7-12-13(20)3-2-4-14(12)21/h2-4,9,25H,5-8H2,1H3,(H,22,27). The van der Waals surface area contributed by atoms with Crippen molar-refractivity contribution in [3.63, 3.8) is 0 Å². The molecule has 0 unspecified atom stereocenters. The monoisotopic (exact) mass is 437 g/mol. The Bertz CT molecular complexity index is 1030. The molecule has 1 amide bonds. The molecule has 152 valence electrons. The molecule has 0 aliphatic rings. The Morgan fingerprint density at radius 3 is 2.59 bits per heavy atom. The van der Waals surface area contributed by atoms with Crippen LogP contribution in [0.5, 0.6) is 0 Å². The summed E-state index contributed by atoms with van der Waals surface area (Å²) in [4.78, 5) is 33.6. The van der Waals surface area contributed by atoms with Crippen molar-refractivity contribution in [2.75, 3.05) is 13.2 Å². The van der Waals surface area contributed by atoms with Gasteiger partial charge in [0.25, 0.3) is 5.91 Å². The van der Waals surface area contributed by atoms with Gasteiger partial charge in [-0.05, 0) is 19.1 Å². The summed E-state index contributed by atoms with van der Waals surface area (Å²) in [6.07, 6.45) is -0.387. The van der Waals surface area contributed by atoms with E-state index in [4.69, 9.17) is 5.11 Å². The van der Waals surface area contributed by atoms with Crippen molar-refractivity contribution in [3.05, 3.63) is 56.5 Å². The minimum Gasteiger partial charge on any atom is -0.395 e. The van der Waals surface area contributed by atoms with Crippen molar-refractivity contribution in [3.8, 4) is 10.6 Å². The smallest absolute Gasteiger partial charge is 0.280 e. The first-order chi connectivity index (χ1) is 13.9. The first kappa shape index (κ1) is 21.2. The number of aryl methyl sites for hydroxylation is 1. The van der Waals surface area contributed by atoms with Crippen molar-refractivity contribution < 1.29 is 23.5 Å². The maximum absolute atomic E-state index is 13.7. The SMILES string of the molecule is Cc1nc(C(=O)NCCO)sc1-c1csc(CC(=O)Cc2c(F)cccc2F)n1. The first-order valence-corrected chi connectivity index (χ1v) is 10.3. The number of thiazole rings is 2. The fraction of sp³-hybridized carbons (Fsp3) is 0.263. The van der Waals surface area contributed by atoms with E-state index >= 15 is 0 Å². The van der Waals surface area contributed by atoms with Crippen LogP contribution in [0.1, 0.15) is 26.1 Å². The number of aromatic nitrogens is 2. The summed E-state index contributed by atoms with van der Waals surface area (Å²) in [5.74, 6) is -2.22. The molecule has 10 heteroatoms. The first-order valence-electron chi connectivity index (χ1n) is 8.65. The molecular weight excluding hydrogens is 420 g/mol. The molecule has 6 nitrogen and oxygen atoms in total. The molecule has 0 spiro atoms. The summed E-state index contributed by atoms with van der Waals surface area (Å²) in [6.45, 7) is 1.72. The van der Waals surface area contributed by atoms with E-state index in [2.05, 4.69) is 15.3 Å². The molecule has 2 aromatic heterocycles. The molecular formula is C19H17F2N3O3S2. The summed E-state index contributed by atoms with van der Waals surface area (Å²) in [6, 6.07) is 3.49. The van der Waals surface area contributed by atoms with Crippen LogP contribution in [0, 0.1) is 18.6 Å². The molecule has 0 atom stereocenters. The molecule has 0 fully saturated rings. The van der Waals surface area contributed by atoms with E-state index in [0.717, 1.165) is 12.1 Å². The van der Waals surface area contributed by atoms with Crippen LogP contribution >= 0.6 is 22.7 Å². The van der Waals surface area contributed by atoms with Gasteiger partial charge in [-0.15, -0.1) is 22.7 Å². The lowest BCUT2D eigenvalue weighted by molar-refractivity contribution is -0.117. The van der Waals surface area contributed by atoms with E-state index < -0.39 is 11.6 Å². The van der Waals surface area contributed by atoms with Crippen LogP contribution in [0.2, 0.25) is 0 Å². The number of nitrogens with zero attached hydrogens (tertiary/aromatic N) is 2. The lowest BCUT2D eigenvalue weighted by Gasteiger charge is -2.03. The van der Waals surface area contributed by atoms with E-state index in [1.54, 1.807) is 12.3 Å². The highest BCUT2D eigenvalue weighted by Crippen LogP contribution is 2.31. The van der Waals surface area contributed by atoms with Crippen molar-refractivity contribution in [1.82, 2.24) is 15.3 Å². The molecule has 0 saturated carbocycles. The maximum atomic E-state index is 13.7. The molecule has 0 aliphatic carbocycles. The van der Waals surface area contributed by atoms with Gasteiger partial charge in [0.2, 0.25) is 0 Å². The molecule has 3 rings (SSSR count). The number of nitrogens with one attached hydrogen (secondary N) is 1. The zero-order chi connectivity index (χ0) is 21.0. The lowest BCUT2D eigenvalue weighted by Crippen LogP contribution is -2.26. The molecule has 0 radical (unpaired) electrons. The summed E-state index contributed by atoms with van der Waals surface area (Å²) in [5, 5.41) is 13.9. The van der Waals surface area contributed by atoms with Crippen LogP contribution in [-0.2, 0) is 17.6 Å². The summed E-state index contributed by atoms with van der Waals surface area (Å²) in [5.41, 5.74) is 0.970. The number of halogens is 2. The number of hydrogen-bond acceptors (Lipinski definition) is 7. The van der Waals surface area contributed by atoms with Gasteiger partial charge in [0.05, 0.1) is 29.3 Å². The van der Waals surface area contributed by atoms with E-state index in [1.807, 2.05) is 0 Å². The van der Waals surface area contributed by atoms with E-state index in [1.165, 1.54) is 28.7 Å². The molecule has 2 N–H and O–H groups in total. The van der Waals surface area contributed by atoms with Gasteiger partial charge in [0.15, 0.2) is 5.01 Å². The largest absolute Gasteiger partial charge is 0.395 e. The molecule has 0 bridgehead atoms. The summed E-state index contributed by atoms with van der Waals surface area (Å²) < 4.78 is 27.4. The number of aliphatic hydroxyl groups excluding tert-OH is 1. The minimum absolute atomic E-state index is 0.0415. The molecule has 0 saturated heterocycles. The highest BCUT2D eigenvalue weighted by Gasteiger charge is 2.19. The Kier molecular flexibility index (Phi) is 6.78. The highest BCUT2D eigenvalue weighted by atomic mass is 32.1. The lowest BCUT2D eigenvalue weighted by atomic mass is 10.1. The van der Waals surface area contributed by atoms with E-state index in [-0.39, 0.29) is 48.3 Å². The highest BCUT2D eigenvalue weighted by molar-refractivity contribution is 7.17. The third-order valence-electron chi connectivity index (χ3n) is 3.96. The van der Waals surface area contributed by atoms with Crippen LogP contribution in [0.4, 0.5) is 8.78 Å². The third-order valence-corrected chi connectivity index (χ3v) is 5.98. The average Bonchev–Trinajstić information content (AvgIpc) is 3.29. The van der Waals surface area contributed by atoms with Crippen molar-refractivity contribution in [2.24, 2.45) is 0 Å². The molecule has 0 aliphatic heterocycles. The second-order valence-electron chi connectivity index (χ2n) is 6.13. The van der Waals surface area contributed by atoms with Gasteiger partial charge in [-0.25, -0.2) is 18.7 Å². The van der Waals surface area contributed by atoms with Gasteiger partial charge in [0.1, 0.15) is 22.4 Å². The average molecular weight is 437 g/mol. The number of benzene rings is 1. The van der Waals surface area contributed by atoms with Crippen LogP contribution in [-0.4, -0.2) is 39.9 Å². The predicted octanol–water partition coefficient (Wildman–Crippen LogP) is 2.93. The number of rotatable bonds is 8. The number of carbonyl (C=O) groups is 2. The molecule has 1 aromatic carbocycles. The number of carbonyl (C=O) groups excluding carboxylic acids is 2. The number of ketones is 1. The molecule has 2 heterocycles. The van der Waals surface area contributed by atoms with E-state index in [9.17, 15) is 18.4 Å². The molecule has 3 aromatic rings. The number of aliphatic hydroxyl groups is 1. The van der Waals surface area contributed by atoms with Crippen LogP contribution in [0.25, 0.3) is 10.6 Å². The quantitative estimate of drug-likeness (QED) is 0.565. The van der Waals surface area contributed by atoms with Gasteiger partial charge in [-0.1, -0.05) is 6.07 Å². The predicted molar refractivity (Wildman–Crippen MR) is 106 cm³/mol. The topological polar surface area (TPSA) is 92.2 Å². The van der Waals surface area contributed by atoms with Gasteiger partial charge >= 0.3 is 0 Å². The fourth-order valence-electron chi connectivity index (χ4n) is 2.60. The van der Waals surface area contributed by atoms with Crippen LogP contribution < -0.4 is 5.32 Å². The summed E-state index contributed by atoms with van der Waals surface area (Å²) >= 11 is 2.42. The van der Waals surface area contributed by atoms with Gasteiger partial charge in [-0.3, -0.25) is 9.59 Å². The molecule has 29 heavy (non-hydrogen) atoms. The number of amides is 1. The number of hydrogen-bond donors (Lipinski definition) is 2. The minimum atomic E-state index is -0.745.